The van der Waals surface area contributed by atoms with Crippen molar-refractivity contribution in [2.24, 2.45) is 0 Å². The lowest BCUT2D eigenvalue weighted by molar-refractivity contribution is -0.384. The molecule has 0 fully saturated rings. The largest absolute Gasteiger partial charge is 0.451 e. The molecule has 5 rings (SSSR count). The number of aryl methyl sites for hydroxylation is 1. The SMILES string of the molecule is Cc1cc([N+](=O)[O-])ccc1-c1ccc(C(=O)Nc2cccc(-c3nc4ncccc4o3)c2)o1. The molecule has 3 aromatic heterocycles. The molecule has 0 bridgehead atoms. The van der Waals surface area contributed by atoms with Crippen molar-refractivity contribution < 1.29 is 18.6 Å². The monoisotopic (exact) mass is 440 g/mol. The van der Waals surface area contributed by atoms with Crippen LogP contribution in [0.3, 0.4) is 0 Å². The zero-order valence-electron chi connectivity index (χ0n) is 17.3. The highest BCUT2D eigenvalue weighted by Gasteiger charge is 2.16. The first-order valence-electron chi connectivity index (χ1n) is 9.96. The fourth-order valence-electron chi connectivity index (χ4n) is 3.46. The Bertz CT molecular complexity index is 1490. The third-order valence-corrected chi connectivity index (χ3v) is 5.05. The molecular weight excluding hydrogens is 424 g/mol. The standard InChI is InChI=1S/C24H16N4O5/c1-14-12-17(28(30)31)7-8-18(14)19-9-10-21(32-19)23(29)26-16-5-2-4-15(13-16)24-27-22-20(33-24)6-3-11-25-22/h2-13H,1H3,(H,26,29). The average molecular weight is 440 g/mol. The number of hydrogen-bond donors (Lipinski definition) is 1. The second-order valence-corrected chi connectivity index (χ2v) is 7.30. The van der Waals surface area contributed by atoms with Gasteiger partial charge in [0.1, 0.15) is 5.76 Å². The van der Waals surface area contributed by atoms with E-state index in [9.17, 15) is 14.9 Å². The van der Waals surface area contributed by atoms with Gasteiger partial charge in [-0.1, -0.05) is 6.07 Å². The minimum Gasteiger partial charge on any atom is -0.451 e. The summed E-state index contributed by atoms with van der Waals surface area (Å²) in [6, 6.07) is 18.3. The predicted octanol–water partition coefficient (Wildman–Crippen LogP) is 5.62. The lowest BCUT2D eigenvalue weighted by Crippen LogP contribution is -2.10. The first-order valence-corrected chi connectivity index (χ1v) is 9.96. The Labute approximate surface area is 186 Å². The quantitative estimate of drug-likeness (QED) is 0.278. The van der Waals surface area contributed by atoms with E-state index in [1.165, 1.54) is 12.1 Å². The van der Waals surface area contributed by atoms with E-state index in [-0.39, 0.29) is 11.4 Å². The summed E-state index contributed by atoms with van der Waals surface area (Å²) in [5.41, 5.74) is 3.65. The lowest BCUT2D eigenvalue weighted by Gasteiger charge is -2.05. The van der Waals surface area contributed by atoms with Crippen LogP contribution in [0.1, 0.15) is 16.1 Å². The number of hydrogen-bond acceptors (Lipinski definition) is 7. The minimum atomic E-state index is -0.455. The minimum absolute atomic E-state index is 0.00428. The highest BCUT2D eigenvalue weighted by Crippen LogP contribution is 2.29. The first kappa shape index (κ1) is 20.1. The van der Waals surface area contributed by atoms with Gasteiger partial charge < -0.3 is 14.2 Å². The van der Waals surface area contributed by atoms with E-state index in [0.29, 0.717) is 45.3 Å². The van der Waals surface area contributed by atoms with E-state index in [1.54, 1.807) is 61.7 Å². The van der Waals surface area contributed by atoms with E-state index < -0.39 is 10.8 Å². The molecule has 33 heavy (non-hydrogen) atoms. The van der Waals surface area contributed by atoms with Crippen LogP contribution in [0.4, 0.5) is 11.4 Å². The van der Waals surface area contributed by atoms with Gasteiger partial charge >= 0.3 is 0 Å². The molecule has 0 aliphatic heterocycles. The highest BCUT2D eigenvalue weighted by atomic mass is 16.6. The summed E-state index contributed by atoms with van der Waals surface area (Å²) in [6.07, 6.45) is 1.64. The number of nitrogens with one attached hydrogen (secondary N) is 1. The van der Waals surface area contributed by atoms with Crippen molar-refractivity contribution in [3.8, 4) is 22.8 Å². The summed E-state index contributed by atoms with van der Waals surface area (Å²) in [7, 11) is 0. The van der Waals surface area contributed by atoms with Gasteiger partial charge in [0.05, 0.1) is 4.92 Å². The zero-order chi connectivity index (χ0) is 22.9. The van der Waals surface area contributed by atoms with Gasteiger partial charge in [-0.3, -0.25) is 14.9 Å². The summed E-state index contributed by atoms with van der Waals surface area (Å²) in [5.74, 6) is 0.519. The Hall–Kier alpha value is -4.79. The van der Waals surface area contributed by atoms with E-state index in [1.807, 2.05) is 6.07 Å². The molecule has 2 aromatic carbocycles. The van der Waals surface area contributed by atoms with Gasteiger partial charge in [0.2, 0.25) is 5.89 Å². The van der Waals surface area contributed by atoms with Gasteiger partial charge in [-0.05, 0) is 61.0 Å². The molecule has 9 nitrogen and oxygen atoms in total. The smallest absolute Gasteiger partial charge is 0.291 e. The number of non-ortho nitro benzene ring substituents is 1. The molecule has 0 radical (unpaired) electrons. The maximum Gasteiger partial charge on any atom is 0.291 e. The number of fused-ring (bicyclic) bond motifs is 1. The van der Waals surface area contributed by atoms with Crippen LogP contribution in [0.2, 0.25) is 0 Å². The Morgan fingerprint density at radius 3 is 2.70 bits per heavy atom. The van der Waals surface area contributed by atoms with E-state index in [2.05, 4.69) is 15.3 Å². The molecule has 0 saturated carbocycles. The summed E-state index contributed by atoms with van der Waals surface area (Å²) in [6.45, 7) is 1.75. The van der Waals surface area contributed by atoms with Crippen LogP contribution >= 0.6 is 0 Å². The molecule has 0 atom stereocenters. The van der Waals surface area contributed by atoms with Crippen molar-refractivity contribution in [2.75, 3.05) is 5.32 Å². The maximum atomic E-state index is 12.7. The maximum absolute atomic E-state index is 12.7. The van der Waals surface area contributed by atoms with E-state index in [4.69, 9.17) is 8.83 Å². The average Bonchev–Trinajstić information content (AvgIpc) is 3.47. The van der Waals surface area contributed by atoms with Gasteiger partial charge in [-0.2, -0.15) is 4.98 Å². The Morgan fingerprint density at radius 2 is 1.91 bits per heavy atom. The number of nitro groups is 1. The van der Waals surface area contributed by atoms with E-state index >= 15 is 0 Å². The summed E-state index contributed by atoms with van der Waals surface area (Å²) >= 11 is 0. The second-order valence-electron chi connectivity index (χ2n) is 7.30. The number of pyridine rings is 1. The molecule has 0 saturated heterocycles. The molecule has 0 spiro atoms. The van der Waals surface area contributed by atoms with Crippen molar-refractivity contribution >= 4 is 28.5 Å². The number of carbonyl (C=O) groups excluding carboxylic acids is 1. The third kappa shape index (κ3) is 3.94. The molecule has 3 heterocycles. The number of aromatic nitrogens is 2. The molecule has 9 heteroatoms. The lowest BCUT2D eigenvalue weighted by atomic mass is 10.1. The number of amides is 1. The molecular formula is C24H16N4O5. The van der Waals surface area contributed by atoms with Crippen LogP contribution in [0.25, 0.3) is 34.0 Å². The van der Waals surface area contributed by atoms with Gasteiger partial charge in [0.25, 0.3) is 11.6 Å². The molecule has 5 aromatic rings. The number of anilines is 1. The number of carbonyl (C=O) groups is 1. The van der Waals surface area contributed by atoms with Crippen molar-refractivity contribution in [3.63, 3.8) is 0 Å². The predicted molar refractivity (Wildman–Crippen MR) is 121 cm³/mol. The van der Waals surface area contributed by atoms with Crippen molar-refractivity contribution in [3.05, 3.63) is 94.4 Å². The van der Waals surface area contributed by atoms with Gasteiger partial charge in [-0.25, -0.2) is 4.98 Å². The van der Waals surface area contributed by atoms with Gasteiger partial charge in [0.15, 0.2) is 17.0 Å². The van der Waals surface area contributed by atoms with Crippen LogP contribution in [0, 0.1) is 17.0 Å². The van der Waals surface area contributed by atoms with Crippen molar-refractivity contribution in [1.82, 2.24) is 9.97 Å². The first-order chi connectivity index (χ1) is 16.0. The van der Waals surface area contributed by atoms with Crippen LogP contribution in [-0.2, 0) is 0 Å². The van der Waals surface area contributed by atoms with Crippen molar-refractivity contribution in [1.29, 1.82) is 0 Å². The molecule has 162 valence electrons. The topological polar surface area (TPSA) is 124 Å². The number of benzene rings is 2. The molecule has 0 aliphatic rings. The Morgan fingerprint density at radius 1 is 1.03 bits per heavy atom. The van der Waals surface area contributed by atoms with Gasteiger partial charge in [0, 0.05) is 35.1 Å². The number of nitrogens with zero attached hydrogens (tertiary/aromatic N) is 3. The van der Waals surface area contributed by atoms with Crippen LogP contribution in [0.15, 0.2) is 81.8 Å². The molecule has 1 N–H and O–H groups in total. The Kier molecular flexibility index (Phi) is 4.91. The van der Waals surface area contributed by atoms with Crippen LogP contribution in [-0.4, -0.2) is 20.8 Å². The molecule has 0 aliphatic carbocycles. The van der Waals surface area contributed by atoms with Crippen LogP contribution in [0.5, 0.6) is 0 Å². The second kappa shape index (κ2) is 8.04. The number of oxazole rings is 1. The third-order valence-electron chi connectivity index (χ3n) is 5.05. The summed E-state index contributed by atoms with van der Waals surface area (Å²) in [5, 5.41) is 13.7. The van der Waals surface area contributed by atoms with Gasteiger partial charge in [-0.15, -0.1) is 0 Å². The fourth-order valence-corrected chi connectivity index (χ4v) is 3.46. The van der Waals surface area contributed by atoms with E-state index in [0.717, 1.165) is 0 Å². The number of furan rings is 1. The number of nitro benzene ring substituents is 1. The highest BCUT2D eigenvalue weighted by molar-refractivity contribution is 6.02. The van der Waals surface area contributed by atoms with Crippen LogP contribution < -0.4 is 5.32 Å². The summed E-state index contributed by atoms with van der Waals surface area (Å²) in [4.78, 5) is 31.8. The van der Waals surface area contributed by atoms with Crippen molar-refractivity contribution in [2.45, 2.75) is 6.92 Å². The Balaban J connectivity index is 1.36. The number of rotatable bonds is 5. The zero-order valence-corrected chi connectivity index (χ0v) is 17.3. The summed E-state index contributed by atoms with van der Waals surface area (Å²) < 4.78 is 11.5. The molecule has 0 unspecified atom stereocenters. The fraction of sp³-hybridized carbons (Fsp3) is 0.0417. The molecule has 1 amide bonds. The normalized spacial score (nSPS) is 10.9.